The monoisotopic (exact) mass is 304 g/mol. The van der Waals surface area contributed by atoms with E-state index >= 15 is 0 Å². The highest BCUT2D eigenvalue weighted by Gasteiger charge is 2.14. The van der Waals surface area contributed by atoms with Gasteiger partial charge in [0, 0.05) is 6.61 Å². The van der Waals surface area contributed by atoms with Crippen LogP contribution in [-0.4, -0.2) is 49.8 Å². The van der Waals surface area contributed by atoms with Crippen LogP contribution in [0.5, 0.6) is 0 Å². The fourth-order valence-corrected chi connectivity index (χ4v) is 2.02. The summed E-state index contributed by atoms with van der Waals surface area (Å²) in [5, 5.41) is 9.86. The second-order valence-corrected chi connectivity index (χ2v) is 5.70. The van der Waals surface area contributed by atoms with E-state index in [4.69, 9.17) is 14.2 Å². The zero-order valence-corrected chi connectivity index (χ0v) is 14.5. The first-order valence-corrected chi connectivity index (χ1v) is 8.62. The largest absolute Gasteiger partial charge is 0.391 e. The van der Waals surface area contributed by atoms with Gasteiger partial charge in [-0.3, -0.25) is 0 Å². The molecule has 0 aliphatic rings. The van der Waals surface area contributed by atoms with E-state index in [1.807, 2.05) is 13.8 Å². The van der Waals surface area contributed by atoms with Crippen molar-refractivity contribution in [2.75, 3.05) is 26.4 Å². The van der Waals surface area contributed by atoms with Crippen LogP contribution in [0.4, 0.5) is 0 Å². The molecular weight excluding hydrogens is 268 g/mol. The van der Waals surface area contributed by atoms with E-state index in [0.29, 0.717) is 26.4 Å². The Morgan fingerprint density at radius 2 is 1.52 bits per heavy atom. The Balaban J connectivity index is 3.95. The summed E-state index contributed by atoms with van der Waals surface area (Å²) in [6.07, 6.45) is 6.03. The Morgan fingerprint density at radius 1 is 0.857 bits per heavy atom. The number of aliphatic hydroxyl groups excluding tert-OH is 1. The smallest absolute Gasteiger partial charge is 0.0810 e. The van der Waals surface area contributed by atoms with E-state index < -0.39 is 0 Å². The molecule has 0 saturated heterocycles. The van der Waals surface area contributed by atoms with Crippen molar-refractivity contribution in [1.82, 2.24) is 0 Å². The van der Waals surface area contributed by atoms with Gasteiger partial charge in [-0.15, -0.1) is 0 Å². The van der Waals surface area contributed by atoms with Crippen molar-refractivity contribution in [3.8, 4) is 0 Å². The normalized spacial score (nSPS) is 15.9. The van der Waals surface area contributed by atoms with Crippen LogP contribution in [0.1, 0.15) is 66.2 Å². The summed E-state index contributed by atoms with van der Waals surface area (Å²) < 4.78 is 17.0. The number of hydrogen-bond acceptors (Lipinski definition) is 4. The van der Waals surface area contributed by atoms with Crippen molar-refractivity contribution in [2.45, 2.75) is 84.5 Å². The molecule has 4 heteroatoms. The van der Waals surface area contributed by atoms with Crippen LogP contribution in [-0.2, 0) is 14.2 Å². The molecule has 3 unspecified atom stereocenters. The summed E-state index contributed by atoms with van der Waals surface area (Å²) in [4.78, 5) is 0. The summed E-state index contributed by atoms with van der Waals surface area (Å²) in [5.41, 5.74) is 0. The lowest BCUT2D eigenvalue weighted by molar-refractivity contribution is -0.0809. The maximum Gasteiger partial charge on any atom is 0.0810 e. The lowest BCUT2D eigenvalue weighted by Gasteiger charge is -2.22. The standard InChI is InChI=1S/C17H36O4/c1-5-8-10-16(18)13-21-17(11-9-6-2)14-20-15(4)12-19-7-3/h15-18H,5-14H2,1-4H3. The van der Waals surface area contributed by atoms with E-state index in [-0.39, 0.29) is 18.3 Å². The van der Waals surface area contributed by atoms with Crippen LogP contribution >= 0.6 is 0 Å². The molecular formula is C17H36O4. The lowest BCUT2D eigenvalue weighted by Crippen LogP contribution is -2.28. The molecule has 3 atom stereocenters. The van der Waals surface area contributed by atoms with Gasteiger partial charge in [-0.05, 0) is 26.7 Å². The van der Waals surface area contributed by atoms with E-state index in [1.54, 1.807) is 0 Å². The molecule has 0 rings (SSSR count). The summed E-state index contributed by atoms with van der Waals surface area (Å²) in [6, 6.07) is 0. The minimum atomic E-state index is -0.352. The van der Waals surface area contributed by atoms with Gasteiger partial charge in [0.1, 0.15) is 0 Å². The van der Waals surface area contributed by atoms with Crippen LogP contribution in [0.25, 0.3) is 0 Å². The summed E-state index contributed by atoms with van der Waals surface area (Å²) in [5.74, 6) is 0. The molecule has 4 nitrogen and oxygen atoms in total. The first kappa shape index (κ1) is 20.8. The summed E-state index contributed by atoms with van der Waals surface area (Å²) in [7, 11) is 0. The second-order valence-electron chi connectivity index (χ2n) is 5.70. The molecule has 0 amide bonds. The second kappa shape index (κ2) is 14.8. The average molecular weight is 304 g/mol. The van der Waals surface area contributed by atoms with Crippen LogP contribution in [0.3, 0.4) is 0 Å². The van der Waals surface area contributed by atoms with Gasteiger partial charge in [0.15, 0.2) is 0 Å². The van der Waals surface area contributed by atoms with Crippen molar-refractivity contribution in [3.05, 3.63) is 0 Å². The fourth-order valence-electron chi connectivity index (χ4n) is 2.02. The predicted octanol–water partition coefficient (Wildman–Crippen LogP) is 3.55. The van der Waals surface area contributed by atoms with Gasteiger partial charge < -0.3 is 19.3 Å². The highest BCUT2D eigenvalue weighted by Crippen LogP contribution is 2.09. The van der Waals surface area contributed by atoms with Gasteiger partial charge in [0.2, 0.25) is 0 Å². The Labute approximate surface area is 131 Å². The van der Waals surface area contributed by atoms with E-state index in [9.17, 15) is 5.11 Å². The molecule has 128 valence electrons. The molecule has 0 aliphatic heterocycles. The Morgan fingerprint density at radius 3 is 2.14 bits per heavy atom. The molecule has 0 spiro atoms. The molecule has 1 N–H and O–H groups in total. The zero-order valence-electron chi connectivity index (χ0n) is 14.5. The van der Waals surface area contributed by atoms with Gasteiger partial charge >= 0.3 is 0 Å². The molecule has 0 fully saturated rings. The Bertz CT molecular complexity index is 193. The maximum absolute atomic E-state index is 9.86. The van der Waals surface area contributed by atoms with Crippen LogP contribution in [0.15, 0.2) is 0 Å². The first-order valence-electron chi connectivity index (χ1n) is 8.62. The third-order valence-corrected chi connectivity index (χ3v) is 3.42. The van der Waals surface area contributed by atoms with Crippen molar-refractivity contribution in [2.24, 2.45) is 0 Å². The molecule has 21 heavy (non-hydrogen) atoms. The highest BCUT2D eigenvalue weighted by molar-refractivity contribution is 4.62. The summed E-state index contributed by atoms with van der Waals surface area (Å²) >= 11 is 0. The molecule has 0 radical (unpaired) electrons. The third-order valence-electron chi connectivity index (χ3n) is 3.42. The van der Waals surface area contributed by atoms with Crippen LogP contribution < -0.4 is 0 Å². The molecule has 0 aromatic rings. The maximum atomic E-state index is 9.86. The minimum Gasteiger partial charge on any atom is -0.391 e. The molecule has 0 aliphatic carbocycles. The van der Waals surface area contributed by atoms with Crippen molar-refractivity contribution >= 4 is 0 Å². The number of aliphatic hydroxyl groups is 1. The fraction of sp³-hybridized carbons (Fsp3) is 1.00. The van der Waals surface area contributed by atoms with Gasteiger partial charge in [-0.2, -0.15) is 0 Å². The topological polar surface area (TPSA) is 47.9 Å². The zero-order chi connectivity index (χ0) is 15.9. The molecule has 0 heterocycles. The van der Waals surface area contributed by atoms with Gasteiger partial charge in [-0.25, -0.2) is 0 Å². The minimum absolute atomic E-state index is 0.0744. The van der Waals surface area contributed by atoms with Gasteiger partial charge in [0.25, 0.3) is 0 Å². The Hall–Kier alpha value is -0.160. The number of hydrogen-bond donors (Lipinski definition) is 1. The van der Waals surface area contributed by atoms with Crippen LogP contribution in [0.2, 0.25) is 0 Å². The number of rotatable bonds is 15. The quantitative estimate of drug-likeness (QED) is 0.502. The number of ether oxygens (including phenoxy) is 3. The molecule has 0 aromatic carbocycles. The van der Waals surface area contributed by atoms with Crippen molar-refractivity contribution < 1.29 is 19.3 Å². The molecule has 0 bridgehead atoms. The summed E-state index contributed by atoms with van der Waals surface area (Å²) in [6.45, 7) is 10.6. The SMILES string of the molecule is CCCCC(O)COC(CCCC)COC(C)COCC. The molecule has 0 aromatic heterocycles. The third kappa shape index (κ3) is 13.2. The number of unbranched alkanes of at least 4 members (excludes halogenated alkanes) is 2. The Kier molecular flexibility index (Phi) is 14.7. The highest BCUT2D eigenvalue weighted by atomic mass is 16.6. The van der Waals surface area contributed by atoms with Crippen LogP contribution in [0, 0.1) is 0 Å². The van der Waals surface area contributed by atoms with E-state index in [1.165, 1.54) is 0 Å². The molecule has 0 saturated carbocycles. The average Bonchev–Trinajstić information content (AvgIpc) is 2.49. The van der Waals surface area contributed by atoms with Gasteiger partial charge in [0.05, 0.1) is 38.1 Å². The lowest BCUT2D eigenvalue weighted by atomic mass is 10.1. The predicted molar refractivity (Wildman–Crippen MR) is 86.7 cm³/mol. The van der Waals surface area contributed by atoms with Crippen molar-refractivity contribution in [1.29, 1.82) is 0 Å². The van der Waals surface area contributed by atoms with E-state index in [0.717, 1.165) is 38.5 Å². The van der Waals surface area contributed by atoms with Gasteiger partial charge in [-0.1, -0.05) is 39.5 Å². The van der Waals surface area contributed by atoms with Crippen molar-refractivity contribution in [3.63, 3.8) is 0 Å². The van der Waals surface area contributed by atoms with E-state index in [2.05, 4.69) is 13.8 Å². The first-order chi connectivity index (χ1) is 10.1.